The molecule has 146 valence electrons. The zero-order chi connectivity index (χ0) is 20.2. The van der Waals surface area contributed by atoms with E-state index in [4.69, 9.17) is 4.74 Å². The number of benzene rings is 2. The highest BCUT2D eigenvalue weighted by atomic mass is 79.9. The molecule has 27 heavy (non-hydrogen) atoms. The van der Waals surface area contributed by atoms with Crippen LogP contribution in [0.25, 0.3) is 0 Å². The molecule has 0 spiro atoms. The zero-order valence-electron chi connectivity index (χ0n) is 15.4. The maximum absolute atomic E-state index is 12.3. The molecule has 0 saturated carbocycles. The Labute approximate surface area is 172 Å². The summed E-state index contributed by atoms with van der Waals surface area (Å²) in [7, 11) is -2.02. The Morgan fingerprint density at radius 3 is 2.52 bits per heavy atom. The number of amides is 1. The van der Waals surface area contributed by atoms with E-state index in [-0.39, 0.29) is 17.3 Å². The Kier molecular flexibility index (Phi) is 7.19. The summed E-state index contributed by atoms with van der Waals surface area (Å²) in [6.45, 7) is 4.00. The molecule has 0 fully saturated rings. The zero-order valence-corrected chi connectivity index (χ0v) is 18.6. The molecule has 2 N–H and O–H groups in total. The minimum Gasteiger partial charge on any atom is -0.495 e. The van der Waals surface area contributed by atoms with Crippen LogP contribution in [0.15, 0.2) is 39.7 Å². The van der Waals surface area contributed by atoms with Gasteiger partial charge in [0.05, 0.1) is 24.8 Å². The first-order chi connectivity index (χ1) is 12.6. The maximum Gasteiger partial charge on any atom is 0.234 e. The molecule has 0 unspecified atom stereocenters. The van der Waals surface area contributed by atoms with Gasteiger partial charge in [-0.15, -0.1) is 11.8 Å². The molecule has 0 aliphatic rings. The predicted molar refractivity (Wildman–Crippen MR) is 114 cm³/mol. The minimum atomic E-state index is -3.46. The molecule has 0 saturated heterocycles. The normalized spacial score (nSPS) is 11.1. The second-order valence-electron chi connectivity index (χ2n) is 5.99. The number of hydrogen-bond acceptors (Lipinski definition) is 5. The first-order valence-electron chi connectivity index (χ1n) is 7.94. The molecule has 2 rings (SSSR count). The van der Waals surface area contributed by atoms with Gasteiger partial charge in [0.2, 0.25) is 15.9 Å². The highest BCUT2D eigenvalue weighted by molar-refractivity contribution is 9.10. The highest BCUT2D eigenvalue weighted by Gasteiger charge is 2.12. The number of carbonyl (C=O) groups excluding carboxylic acids is 1. The van der Waals surface area contributed by atoms with E-state index in [1.807, 2.05) is 26.0 Å². The standard InChI is InChI=1S/C18H21BrN2O4S2/c1-11-8-17(12(2)7-14(11)19)26-10-18(22)20-13-5-6-16(25-3)15(9-13)21-27(4,23)24/h5-9,21H,10H2,1-4H3,(H,20,22). The van der Waals surface area contributed by atoms with E-state index in [2.05, 4.69) is 26.0 Å². The smallest absolute Gasteiger partial charge is 0.234 e. The van der Waals surface area contributed by atoms with Crippen LogP contribution in [-0.4, -0.2) is 33.4 Å². The van der Waals surface area contributed by atoms with Gasteiger partial charge in [0.15, 0.2) is 0 Å². The number of methoxy groups -OCH3 is 1. The first kappa shape index (κ1) is 21.6. The van der Waals surface area contributed by atoms with Crippen molar-refractivity contribution < 1.29 is 17.9 Å². The van der Waals surface area contributed by atoms with E-state index in [9.17, 15) is 13.2 Å². The summed E-state index contributed by atoms with van der Waals surface area (Å²) in [4.78, 5) is 13.3. The van der Waals surface area contributed by atoms with Gasteiger partial charge in [-0.3, -0.25) is 9.52 Å². The van der Waals surface area contributed by atoms with Crippen LogP contribution in [0.5, 0.6) is 5.75 Å². The Bertz CT molecular complexity index is 962. The van der Waals surface area contributed by atoms with E-state index in [0.29, 0.717) is 11.4 Å². The van der Waals surface area contributed by atoms with E-state index in [0.717, 1.165) is 26.8 Å². The molecule has 2 aromatic carbocycles. The van der Waals surface area contributed by atoms with Crippen molar-refractivity contribution in [3.8, 4) is 5.75 Å². The monoisotopic (exact) mass is 472 g/mol. The molecule has 9 heteroatoms. The molecule has 6 nitrogen and oxygen atoms in total. The third-order valence-electron chi connectivity index (χ3n) is 3.59. The molecular formula is C18H21BrN2O4S2. The van der Waals surface area contributed by atoms with Crippen LogP contribution < -0.4 is 14.8 Å². The third-order valence-corrected chi connectivity index (χ3v) is 6.20. The summed E-state index contributed by atoms with van der Waals surface area (Å²) in [5.41, 5.74) is 2.95. The summed E-state index contributed by atoms with van der Waals surface area (Å²) in [6.07, 6.45) is 1.05. The van der Waals surface area contributed by atoms with Gasteiger partial charge in [-0.1, -0.05) is 15.9 Å². The maximum atomic E-state index is 12.3. The molecule has 0 heterocycles. The van der Waals surface area contributed by atoms with E-state index < -0.39 is 10.0 Å². The summed E-state index contributed by atoms with van der Waals surface area (Å²) in [5, 5.41) is 2.78. The second-order valence-corrected chi connectivity index (χ2v) is 9.61. The van der Waals surface area contributed by atoms with Gasteiger partial charge < -0.3 is 10.1 Å². The van der Waals surface area contributed by atoms with Crippen molar-refractivity contribution in [1.82, 2.24) is 0 Å². The molecule has 0 atom stereocenters. The first-order valence-corrected chi connectivity index (χ1v) is 11.6. The lowest BCUT2D eigenvalue weighted by atomic mass is 10.2. The predicted octanol–water partition coefficient (Wildman–Crippen LogP) is 4.18. The van der Waals surface area contributed by atoms with E-state index in [1.165, 1.54) is 24.9 Å². The number of halogens is 1. The summed E-state index contributed by atoms with van der Waals surface area (Å²) < 4.78 is 31.5. The van der Waals surface area contributed by atoms with Gasteiger partial charge in [-0.05, 0) is 55.3 Å². The van der Waals surface area contributed by atoms with Crippen molar-refractivity contribution in [2.45, 2.75) is 18.7 Å². The van der Waals surface area contributed by atoms with Gasteiger partial charge in [0.25, 0.3) is 0 Å². The summed E-state index contributed by atoms with van der Waals surface area (Å²) >= 11 is 4.95. The van der Waals surface area contributed by atoms with Crippen molar-refractivity contribution in [3.05, 3.63) is 45.9 Å². The Balaban J connectivity index is 2.07. The van der Waals surface area contributed by atoms with Crippen LogP contribution in [0.1, 0.15) is 11.1 Å². The van der Waals surface area contributed by atoms with Crippen molar-refractivity contribution in [3.63, 3.8) is 0 Å². The van der Waals surface area contributed by atoms with Crippen molar-refractivity contribution >= 4 is 55.0 Å². The van der Waals surface area contributed by atoms with Gasteiger partial charge >= 0.3 is 0 Å². The minimum absolute atomic E-state index is 0.185. The van der Waals surface area contributed by atoms with Crippen molar-refractivity contribution in [2.75, 3.05) is 29.2 Å². The lowest BCUT2D eigenvalue weighted by Gasteiger charge is -2.13. The molecule has 0 aromatic heterocycles. The van der Waals surface area contributed by atoms with Crippen molar-refractivity contribution in [2.24, 2.45) is 0 Å². The Hall–Kier alpha value is -1.71. The molecule has 0 radical (unpaired) electrons. The molecule has 0 aliphatic carbocycles. The average Bonchev–Trinajstić information content (AvgIpc) is 2.56. The van der Waals surface area contributed by atoms with Crippen LogP contribution in [0.4, 0.5) is 11.4 Å². The quantitative estimate of drug-likeness (QED) is 0.590. The molecule has 0 bridgehead atoms. The topological polar surface area (TPSA) is 84.5 Å². The van der Waals surface area contributed by atoms with Crippen LogP contribution in [0.3, 0.4) is 0 Å². The van der Waals surface area contributed by atoms with E-state index >= 15 is 0 Å². The number of rotatable bonds is 7. The number of nitrogens with one attached hydrogen (secondary N) is 2. The number of carbonyl (C=O) groups is 1. The van der Waals surface area contributed by atoms with Crippen LogP contribution in [0.2, 0.25) is 0 Å². The lowest BCUT2D eigenvalue weighted by Crippen LogP contribution is -2.15. The number of aryl methyl sites for hydroxylation is 2. The molecular weight excluding hydrogens is 452 g/mol. The van der Waals surface area contributed by atoms with Gasteiger partial charge in [0.1, 0.15) is 5.75 Å². The van der Waals surface area contributed by atoms with Crippen LogP contribution >= 0.6 is 27.7 Å². The van der Waals surface area contributed by atoms with Gasteiger partial charge in [0, 0.05) is 15.1 Å². The van der Waals surface area contributed by atoms with Crippen molar-refractivity contribution in [1.29, 1.82) is 0 Å². The number of thioether (sulfide) groups is 1. The fraction of sp³-hybridized carbons (Fsp3) is 0.278. The summed E-state index contributed by atoms with van der Waals surface area (Å²) in [5.74, 6) is 0.423. The fourth-order valence-corrected chi connectivity index (χ4v) is 4.24. The van der Waals surface area contributed by atoms with Crippen LogP contribution in [0, 0.1) is 13.8 Å². The number of ether oxygens (including phenoxy) is 1. The fourth-order valence-electron chi connectivity index (χ4n) is 2.32. The highest BCUT2D eigenvalue weighted by Crippen LogP contribution is 2.30. The number of hydrogen-bond donors (Lipinski definition) is 2. The molecule has 0 aliphatic heterocycles. The lowest BCUT2D eigenvalue weighted by molar-refractivity contribution is -0.113. The largest absolute Gasteiger partial charge is 0.495 e. The third kappa shape index (κ3) is 6.44. The Morgan fingerprint density at radius 1 is 1.19 bits per heavy atom. The van der Waals surface area contributed by atoms with Gasteiger partial charge in [-0.25, -0.2) is 8.42 Å². The SMILES string of the molecule is COc1ccc(NC(=O)CSc2cc(C)c(Br)cc2C)cc1NS(C)(=O)=O. The molecule has 2 aromatic rings. The number of sulfonamides is 1. The molecule has 1 amide bonds. The number of anilines is 2. The van der Waals surface area contributed by atoms with E-state index in [1.54, 1.807) is 12.1 Å². The Morgan fingerprint density at radius 2 is 1.89 bits per heavy atom. The average molecular weight is 473 g/mol. The van der Waals surface area contributed by atoms with Crippen LogP contribution in [-0.2, 0) is 14.8 Å². The summed E-state index contributed by atoms with van der Waals surface area (Å²) in [6, 6.07) is 8.85. The second kappa shape index (κ2) is 8.99. The van der Waals surface area contributed by atoms with Gasteiger partial charge in [-0.2, -0.15) is 0 Å².